The van der Waals surface area contributed by atoms with Gasteiger partial charge in [-0.3, -0.25) is 9.59 Å². The molecule has 0 radical (unpaired) electrons. The topological polar surface area (TPSA) is 124 Å². The fourth-order valence-electron chi connectivity index (χ4n) is 3.74. The standard InChI is InChI=1S/C20H30N4O6.C2H6/c1-2-17-22-23-19(30-17)15(25)13-21-18(26)16(12-14-6-4-3-5-7-14)29-20(27)24-8-10-28-11-9-24;1-2/h14,16H,2-13H2,1H3,(H,21,26);1-2H3. The lowest BCUT2D eigenvalue weighted by atomic mass is 9.85. The molecular weight excluding hydrogens is 416 g/mol. The zero-order valence-electron chi connectivity index (χ0n) is 19.4. The van der Waals surface area contributed by atoms with Crippen molar-refractivity contribution in [3.63, 3.8) is 0 Å². The summed E-state index contributed by atoms with van der Waals surface area (Å²) in [6.45, 7) is 7.32. The van der Waals surface area contributed by atoms with Crippen LogP contribution in [0, 0.1) is 5.92 Å². The number of carbonyl (C=O) groups is 3. The van der Waals surface area contributed by atoms with E-state index in [1.807, 2.05) is 20.8 Å². The van der Waals surface area contributed by atoms with E-state index in [1.54, 1.807) is 4.90 Å². The first-order valence-electron chi connectivity index (χ1n) is 11.7. The van der Waals surface area contributed by atoms with Crippen molar-refractivity contribution in [1.82, 2.24) is 20.4 Å². The van der Waals surface area contributed by atoms with Crippen LogP contribution in [-0.4, -0.2) is 71.8 Å². The van der Waals surface area contributed by atoms with Gasteiger partial charge in [0, 0.05) is 19.5 Å². The lowest BCUT2D eigenvalue weighted by Gasteiger charge is -2.30. The number of hydrogen-bond acceptors (Lipinski definition) is 8. The van der Waals surface area contributed by atoms with E-state index in [0.717, 1.165) is 25.7 Å². The molecule has 1 aliphatic heterocycles. The van der Waals surface area contributed by atoms with E-state index >= 15 is 0 Å². The van der Waals surface area contributed by atoms with Gasteiger partial charge < -0.3 is 24.1 Å². The molecule has 1 saturated heterocycles. The van der Waals surface area contributed by atoms with Gasteiger partial charge in [0.15, 0.2) is 6.10 Å². The van der Waals surface area contributed by atoms with Crippen molar-refractivity contribution in [1.29, 1.82) is 0 Å². The number of ketones is 1. The molecule has 180 valence electrons. The molecule has 2 amide bonds. The molecule has 10 nitrogen and oxygen atoms in total. The number of nitrogens with one attached hydrogen (secondary N) is 1. The first-order chi connectivity index (χ1) is 15.6. The lowest BCUT2D eigenvalue weighted by molar-refractivity contribution is -0.131. The highest BCUT2D eigenvalue weighted by Crippen LogP contribution is 2.28. The van der Waals surface area contributed by atoms with Gasteiger partial charge in [-0.25, -0.2) is 4.79 Å². The highest BCUT2D eigenvalue weighted by atomic mass is 16.6. The number of Topliss-reactive ketones (excluding diaryl/α,β-unsaturated/α-hetero) is 1. The average Bonchev–Trinajstić information content (AvgIpc) is 3.34. The number of morpholine rings is 1. The van der Waals surface area contributed by atoms with E-state index < -0.39 is 23.9 Å². The van der Waals surface area contributed by atoms with Gasteiger partial charge in [0.05, 0.1) is 19.8 Å². The van der Waals surface area contributed by atoms with Crippen molar-refractivity contribution in [3.05, 3.63) is 11.8 Å². The largest absolute Gasteiger partial charge is 0.436 e. The van der Waals surface area contributed by atoms with E-state index in [2.05, 4.69) is 15.5 Å². The van der Waals surface area contributed by atoms with E-state index in [0.29, 0.717) is 51.0 Å². The van der Waals surface area contributed by atoms with Gasteiger partial charge in [0.1, 0.15) is 0 Å². The second-order valence-electron chi connectivity index (χ2n) is 7.71. The van der Waals surface area contributed by atoms with Crippen LogP contribution in [0.25, 0.3) is 0 Å². The van der Waals surface area contributed by atoms with E-state index in [-0.39, 0.29) is 12.4 Å². The Kier molecular flexibility index (Phi) is 11.1. The summed E-state index contributed by atoms with van der Waals surface area (Å²) in [6.07, 6.45) is 4.97. The molecule has 32 heavy (non-hydrogen) atoms. The molecule has 1 unspecified atom stereocenters. The highest BCUT2D eigenvalue weighted by Gasteiger charge is 2.30. The summed E-state index contributed by atoms with van der Waals surface area (Å²) in [5, 5.41) is 10.0. The van der Waals surface area contributed by atoms with Crippen LogP contribution in [0.15, 0.2) is 4.42 Å². The Hall–Kier alpha value is -2.49. The molecule has 0 aromatic carbocycles. The van der Waals surface area contributed by atoms with Crippen molar-refractivity contribution in [2.24, 2.45) is 5.92 Å². The molecule has 10 heteroatoms. The van der Waals surface area contributed by atoms with Gasteiger partial charge in [-0.1, -0.05) is 52.9 Å². The Balaban J connectivity index is 0.00000176. The molecule has 0 spiro atoms. The molecule has 2 heterocycles. The predicted octanol–water partition coefficient (Wildman–Crippen LogP) is 2.76. The second kappa shape index (κ2) is 13.8. The van der Waals surface area contributed by atoms with Crippen LogP contribution in [-0.2, 0) is 20.7 Å². The predicted molar refractivity (Wildman–Crippen MR) is 116 cm³/mol. The van der Waals surface area contributed by atoms with Gasteiger partial charge in [0.2, 0.25) is 11.7 Å². The normalized spacial score (nSPS) is 17.7. The Labute approximate surface area is 189 Å². The molecule has 1 aliphatic carbocycles. The fraction of sp³-hybridized carbons (Fsp3) is 0.773. The van der Waals surface area contributed by atoms with Crippen molar-refractivity contribution < 1.29 is 28.3 Å². The maximum absolute atomic E-state index is 12.8. The van der Waals surface area contributed by atoms with Gasteiger partial charge in [-0.05, 0) is 12.3 Å². The monoisotopic (exact) mass is 452 g/mol. The number of ether oxygens (including phenoxy) is 2. The van der Waals surface area contributed by atoms with Gasteiger partial charge in [0.25, 0.3) is 11.8 Å². The number of hydrogen-bond donors (Lipinski definition) is 1. The maximum Gasteiger partial charge on any atom is 0.410 e. The molecule has 1 atom stereocenters. The molecule has 2 fully saturated rings. The van der Waals surface area contributed by atoms with Crippen LogP contribution < -0.4 is 5.32 Å². The summed E-state index contributed by atoms with van der Waals surface area (Å²) in [5.74, 6) is -0.413. The number of aryl methyl sites for hydroxylation is 1. The number of carbonyl (C=O) groups excluding carboxylic acids is 3. The van der Waals surface area contributed by atoms with Crippen LogP contribution in [0.3, 0.4) is 0 Å². The van der Waals surface area contributed by atoms with Crippen LogP contribution in [0.5, 0.6) is 0 Å². The molecule has 3 rings (SSSR count). The summed E-state index contributed by atoms with van der Waals surface area (Å²) < 4.78 is 16.1. The number of aromatic nitrogens is 2. The van der Waals surface area contributed by atoms with Crippen LogP contribution >= 0.6 is 0 Å². The smallest absolute Gasteiger partial charge is 0.410 e. The summed E-state index contributed by atoms with van der Waals surface area (Å²) >= 11 is 0. The van der Waals surface area contributed by atoms with Gasteiger partial charge in [-0.15, -0.1) is 10.2 Å². The van der Waals surface area contributed by atoms with Crippen molar-refractivity contribution >= 4 is 17.8 Å². The minimum atomic E-state index is -0.940. The minimum Gasteiger partial charge on any atom is -0.436 e. The van der Waals surface area contributed by atoms with Crippen LogP contribution in [0.4, 0.5) is 4.79 Å². The molecule has 0 bridgehead atoms. The number of nitrogens with zero attached hydrogens (tertiary/aromatic N) is 3. The lowest BCUT2D eigenvalue weighted by Crippen LogP contribution is -2.46. The first-order valence-corrected chi connectivity index (χ1v) is 11.7. The number of rotatable bonds is 8. The zero-order valence-corrected chi connectivity index (χ0v) is 19.4. The third-order valence-corrected chi connectivity index (χ3v) is 5.51. The van der Waals surface area contributed by atoms with Gasteiger partial charge >= 0.3 is 6.09 Å². The average molecular weight is 453 g/mol. The molecule has 2 aliphatic rings. The second-order valence-corrected chi connectivity index (χ2v) is 7.71. The van der Waals surface area contributed by atoms with Crippen molar-refractivity contribution in [3.8, 4) is 0 Å². The van der Waals surface area contributed by atoms with E-state index in [1.165, 1.54) is 6.42 Å². The van der Waals surface area contributed by atoms with Gasteiger partial charge in [-0.2, -0.15) is 0 Å². The minimum absolute atomic E-state index is 0.138. The Morgan fingerprint density at radius 2 is 1.81 bits per heavy atom. The molecule has 1 saturated carbocycles. The molecule has 1 aromatic rings. The SMILES string of the molecule is CC.CCc1nnc(C(=O)CNC(=O)C(CC2CCCCC2)OC(=O)N2CCOCC2)o1. The molecule has 1 aromatic heterocycles. The molecular formula is C22H36N4O6. The highest BCUT2D eigenvalue weighted by molar-refractivity contribution is 5.96. The first kappa shape index (κ1) is 25.8. The van der Waals surface area contributed by atoms with E-state index in [4.69, 9.17) is 13.9 Å². The molecule has 1 N–H and O–H groups in total. The Morgan fingerprint density at radius 3 is 2.44 bits per heavy atom. The maximum atomic E-state index is 12.8. The summed E-state index contributed by atoms with van der Waals surface area (Å²) in [5.41, 5.74) is 0. The summed E-state index contributed by atoms with van der Waals surface area (Å²) in [6, 6.07) is 0. The Bertz CT molecular complexity index is 726. The Morgan fingerprint density at radius 1 is 1.12 bits per heavy atom. The fourth-order valence-corrected chi connectivity index (χ4v) is 3.74. The number of amides is 2. The third kappa shape index (κ3) is 7.89. The van der Waals surface area contributed by atoms with Crippen LogP contribution in [0.1, 0.15) is 75.9 Å². The van der Waals surface area contributed by atoms with Crippen LogP contribution in [0.2, 0.25) is 0 Å². The quantitative estimate of drug-likeness (QED) is 0.597. The van der Waals surface area contributed by atoms with Crippen molar-refractivity contribution in [2.45, 2.75) is 71.8 Å². The third-order valence-electron chi connectivity index (χ3n) is 5.51. The zero-order chi connectivity index (χ0) is 23.3. The van der Waals surface area contributed by atoms with Crippen molar-refractivity contribution in [2.75, 3.05) is 32.8 Å². The summed E-state index contributed by atoms with van der Waals surface area (Å²) in [4.78, 5) is 39.1. The summed E-state index contributed by atoms with van der Waals surface area (Å²) in [7, 11) is 0. The van der Waals surface area contributed by atoms with E-state index in [9.17, 15) is 14.4 Å².